The lowest BCUT2D eigenvalue weighted by Gasteiger charge is -2.19. The molecule has 1 rings (SSSR count). The molecule has 4 nitrogen and oxygen atoms in total. The second-order valence-corrected chi connectivity index (χ2v) is 5.03. The highest BCUT2D eigenvalue weighted by molar-refractivity contribution is 5.42. The summed E-state index contributed by atoms with van der Waals surface area (Å²) in [4.78, 5) is 0. The van der Waals surface area contributed by atoms with E-state index in [1.807, 2.05) is 18.2 Å². The standard InChI is InChI=1S/C16H28N2O2/c1-4-5-6-7-8-9-15(18-17)14-11-10-13(19-2)12-16(14)20-3/h10-12,15,18H,4-9,17H2,1-3H3. The van der Waals surface area contributed by atoms with Gasteiger partial charge in [0.05, 0.1) is 14.2 Å². The molecule has 0 aliphatic heterocycles. The molecule has 0 spiro atoms. The molecule has 0 saturated heterocycles. The summed E-state index contributed by atoms with van der Waals surface area (Å²) in [6.07, 6.45) is 7.32. The second kappa shape index (κ2) is 9.61. The van der Waals surface area contributed by atoms with Gasteiger partial charge in [-0.15, -0.1) is 0 Å². The highest BCUT2D eigenvalue weighted by atomic mass is 16.5. The number of hydrogen-bond acceptors (Lipinski definition) is 4. The number of unbranched alkanes of at least 4 members (excludes halogenated alkanes) is 4. The van der Waals surface area contributed by atoms with Crippen LogP contribution in [-0.4, -0.2) is 14.2 Å². The number of nitrogens with one attached hydrogen (secondary N) is 1. The van der Waals surface area contributed by atoms with E-state index in [1.165, 1.54) is 32.1 Å². The van der Waals surface area contributed by atoms with Gasteiger partial charge >= 0.3 is 0 Å². The Balaban J connectivity index is 2.64. The van der Waals surface area contributed by atoms with E-state index >= 15 is 0 Å². The van der Waals surface area contributed by atoms with Crippen LogP contribution in [0.15, 0.2) is 18.2 Å². The Kier molecular flexibility index (Phi) is 8.07. The largest absolute Gasteiger partial charge is 0.497 e. The van der Waals surface area contributed by atoms with E-state index in [-0.39, 0.29) is 6.04 Å². The van der Waals surface area contributed by atoms with Gasteiger partial charge in [0.15, 0.2) is 0 Å². The van der Waals surface area contributed by atoms with Gasteiger partial charge in [-0.1, -0.05) is 45.1 Å². The quantitative estimate of drug-likeness (QED) is 0.391. The first-order valence-corrected chi connectivity index (χ1v) is 7.44. The van der Waals surface area contributed by atoms with E-state index in [2.05, 4.69) is 12.3 Å². The van der Waals surface area contributed by atoms with E-state index in [1.54, 1.807) is 14.2 Å². The Hall–Kier alpha value is -1.26. The molecule has 4 heteroatoms. The second-order valence-electron chi connectivity index (χ2n) is 5.03. The molecule has 0 aliphatic rings. The van der Waals surface area contributed by atoms with Crippen molar-refractivity contribution in [3.8, 4) is 11.5 Å². The van der Waals surface area contributed by atoms with E-state index in [0.717, 1.165) is 23.5 Å². The molecule has 1 aromatic carbocycles. The van der Waals surface area contributed by atoms with E-state index in [9.17, 15) is 0 Å². The van der Waals surface area contributed by atoms with Crippen molar-refractivity contribution in [3.05, 3.63) is 23.8 Å². The molecular formula is C16H28N2O2. The first kappa shape index (κ1) is 16.8. The summed E-state index contributed by atoms with van der Waals surface area (Å²) in [6, 6.07) is 5.99. The van der Waals surface area contributed by atoms with Crippen molar-refractivity contribution < 1.29 is 9.47 Å². The van der Waals surface area contributed by atoms with Crippen LogP contribution >= 0.6 is 0 Å². The molecule has 114 valence electrons. The molecule has 0 amide bonds. The van der Waals surface area contributed by atoms with Crippen molar-refractivity contribution in [2.45, 2.75) is 51.5 Å². The average Bonchev–Trinajstić information content (AvgIpc) is 2.50. The molecule has 0 heterocycles. The molecule has 0 aliphatic carbocycles. The molecular weight excluding hydrogens is 252 g/mol. The van der Waals surface area contributed by atoms with Crippen molar-refractivity contribution in [1.82, 2.24) is 5.43 Å². The minimum atomic E-state index is 0.123. The normalized spacial score (nSPS) is 12.2. The molecule has 0 fully saturated rings. The third-order valence-corrected chi connectivity index (χ3v) is 3.61. The van der Waals surface area contributed by atoms with Gasteiger partial charge in [0.1, 0.15) is 11.5 Å². The van der Waals surface area contributed by atoms with Gasteiger partial charge in [-0.2, -0.15) is 0 Å². The number of benzene rings is 1. The zero-order chi connectivity index (χ0) is 14.8. The number of methoxy groups -OCH3 is 2. The SMILES string of the molecule is CCCCCCCC(NN)c1ccc(OC)cc1OC. The zero-order valence-corrected chi connectivity index (χ0v) is 12.9. The summed E-state index contributed by atoms with van der Waals surface area (Å²) in [5, 5.41) is 0. The predicted molar refractivity (Wildman–Crippen MR) is 83.0 cm³/mol. The topological polar surface area (TPSA) is 56.5 Å². The van der Waals surface area contributed by atoms with Crippen LogP contribution in [0.25, 0.3) is 0 Å². The summed E-state index contributed by atoms with van der Waals surface area (Å²) >= 11 is 0. The van der Waals surface area contributed by atoms with Crippen molar-refractivity contribution in [3.63, 3.8) is 0 Å². The zero-order valence-electron chi connectivity index (χ0n) is 12.9. The molecule has 1 aromatic rings. The Bertz CT molecular complexity index is 383. The molecule has 1 atom stereocenters. The minimum Gasteiger partial charge on any atom is -0.497 e. The lowest BCUT2D eigenvalue weighted by molar-refractivity contribution is 0.380. The van der Waals surface area contributed by atoms with E-state index < -0.39 is 0 Å². The fourth-order valence-electron chi connectivity index (χ4n) is 2.39. The number of nitrogens with two attached hydrogens (primary N) is 1. The van der Waals surface area contributed by atoms with Crippen LogP contribution in [0, 0.1) is 0 Å². The van der Waals surface area contributed by atoms with Crippen molar-refractivity contribution in [2.24, 2.45) is 5.84 Å². The first-order chi connectivity index (χ1) is 9.76. The van der Waals surface area contributed by atoms with Gasteiger partial charge in [0.25, 0.3) is 0 Å². The van der Waals surface area contributed by atoms with Crippen LogP contribution in [0.1, 0.15) is 57.1 Å². The summed E-state index contributed by atoms with van der Waals surface area (Å²) in [5.41, 5.74) is 3.99. The number of ether oxygens (including phenoxy) is 2. The van der Waals surface area contributed by atoms with E-state index in [4.69, 9.17) is 15.3 Å². The van der Waals surface area contributed by atoms with Gasteiger partial charge in [-0.25, -0.2) is 0 Å². The van der Waals surface area contributed by atoms with Crippen LogP contribution in [0.3, 0.4) is 0 Å². The molecule has 3 N–H and O–H groups in total. The maximum absolute atomic E-state index is 5.70. The maximum Gasteiger partial charge on any atom is 0.127 e. The molecule has 0 radical (unpaired) electrons. The molecule has 0 aromatic heterocycles. The number of rotatable bonds is 10. The summed E-state index contributed by atoms with van der Waals surface area (Å²) < 4.78 is 10.7. The Morgan fingerprint density at radius 3 is 2.45 bits per heavy atom. The van der Waals surface area contributed by atoms with Crippen molar-refractivity contribution in [1.29, 1.82) is 0 Å². The Morgan fingerprint density at radius 1 is 1.10 bits per heavy atom. The Labute approximate surface area is 122 Å². The van der Waals surface area contributed by atoms with Gasteiger partial charge < -0.3 is 9.47 Å². The Morgan fingerprint density at radius 2 is 1.85 bits per heavy atom. The molecule has 0 saturated carbocycles. The molecule has 1 unspecified atom stereocenters. The molecule has 0 bridgehead atoms. The fourth-order valence-corrected chi connectivity index (χ4v) is 2.39. The maximum atomic E-state index is 5.70. The van der Waals surface area contributed by atoms with Crippen LogP contribution in [0.2, 0.25) is 0 Å². The van der Waals surface area contributed by atoms with Crippen LogP contribution in [0.4, 0.5) is 0 Å². The summed E-state index contributed by atoms with van der Waals surface area (Å²) in [5.74, 6) is 7.32. The lowest BCUT2D eigenvalue weighted by atomic mass is 9.99. The average molecular weight is 280 g/mol. The summed E-state index contributed by atoms with van der Waals surface area (Å²) in [7, 11) is 3.33. The minimum absolute atomic E-state index is 0.123. The number of hydrogen-bond donors (Lipinski definition) is 2. The van der Waals surface area contributed by atoms with Crippen LogP contribution < -0.4 is 20.7 Å². The monoisotopic (exact) mass is 280 g/mol. The summed E-state index contributed by atoms with van der Waals surface area (Å²) in [6.45, 7) is 2.23. The van der Waals surface area contributed by atoms with Gasteiger partial charge in [-0.05, 0) is 12.5 Å². The smallest absolute Gasteiger partial charge is 0.127 e. The third kappa shape index (κ3) is 5.02. The van der Waals surface area contributed by atoms with Gasteiger partial charge in [0, 0.05) is 17.7 Å². The highest BCUT2D eigenvalue weighted by Gasteiger charge is 2.15. The highest BCUT2D eigenvalue weighted by Crippen LogP contribution is 2.31. The van der Waals surface area contributed by atoms with Crippen molar-refractivity contribution >= 4 is 0 Å². The number of hydrazine groups is 1. The first-order valence-electron chi connectivity index (χ1n) is 7.44. The van der Waals surface area contributed by atoms with Gasteiger partial charge in [-0.3, -0.25) is 11.3 Å². The lowest BCUT2D eigenvalue weighted by Crippen LogP contribution is -2.28. The van der Waals surface area contributed by atoms with Gasteiger partial charge in [0.2, 0.25) is 0 Å². The van der Waals surface area contributed by atoms with Crippen LogP contribution in [-0.2, 0) is 0 Å². The van der Waals surface area contributed by atoms with E-state index in [0.29, 0.717) is 0 Å². The molecule has 20 heavy (non-hydrogen) atoms. The van der Waals surface area contributed by atoms with Crippen LogP contribution in [0.5, 0.6) is 11.5 Å². The van der Waals surface area contributed by atoms with Crippen molar-refractivity contribution in [2.75, 3.05) is 14.2 Å². The predicted octanol–water partition coefficient (Wildman–Crippen LogP) is 3.57. The third-order valence-electron chi connectivity index (χ3n) is 3.61. The fraction of sp³-hybridized carbons (Fsp3) is 0.625.